The number of aromatic nitrogens is 3. The van der Waals surface area contributed by atoms with Gasteiger partial charge in [0.2, 0.25) is 0 Å². The fourth-order valence-electron chi connectivity index (χ4n) is 3.14. The van der Waals surface area contributed by atoms with Crippen molar-refractivity contribution in [1.29, 1.82) is 5.26 Å². The Kier molecular flexibility index (Phi) is 5.64. The number of rotatable bonds is 6. The van der Waals surface area contributed by atoms with Crippen LogP contribution in [0.2, 0.25) is 0 Å². The van der Waals surface area contributed by atoms with E-state index in [2.05, 4.69) is 21.5 Å². The highest BCUT2D eigenvalue weighted by Gasteiger charge is 2.50. The number of carbonyl (C=O) groups excluding carboxylic acids is 1. The first kappa shape index (κ1) is 19.8. The summed E-state index contributed by atoms with van der Waals surface area (Å²) in [5.74, 6) is 0.267. The molecule has 3 atom stereocenters. The van der Waals surface area contributed by atoms with Crippen LogP contribution in [0.15, 0.2) is 18.5 Å². The molecule has 2 aromatic heterocycles. The zero-order valence-electron chi connectivity index (χ0n) is 15.7. The molecular weight excluding hydrogens is 366 g/mol. The summed E-state index contributed by atoms with van der Waals surface area (Å²) in [5, 5.41) is 27.3. The standard InChI is InChI=1S/C17H23N7O4/c1-20-5-6-23(2)16(26)27-8-13-12(25)7-17(9-18,28-13)14-4-3-11-15(19)21-10-22-24(11)14/h3-4,10,12-13,20,25H,5-8H2,1-2H3,(H2,19,21,22)/t12-,13+,17-/m0/s1. The second-order valence-corrected chi connectivity index (χ2v) is 6.63. The number of hydrogen-bond acceptors (Lipinski definition) is 9. The third-order valence-electron chi connectivity index (χ3n) is 4.73. The van der Waals surface area contributed by atoms with Crippen molar-refractivity contribution in [1.82, 2.24) is 24.8 Å². The van der Waals surface area contributed by atoms with Crippen LogP contribution >= 0.6 is 0 Å². The van der Waals surface area contributed by atoms with Gasteiger partial charge in [-0.05, 0) is 19.2 Å². The van der Waals surface area contributed by atoms with Crippen LogP contribution in [0.1, 0.15) is 12.1 Å². The quantitative estimate of drug-likeness (QED) is 0.592. The number of nitrogens with zero attached hydrogens (tertiary/aromatic N) is 5. The van der Waals surface area contributed by atoms with Gasteiger partial charge in [-0.2, -0.15) is 10.4 Å². The van der Waals surface area contributed by atoms with Crippen molar-refractivity contribution in [3.05, 3.63) is 24.2 Å². The highest BCUT2D eigenvalue weighted by Crippen LogP contribution is 2.40. The number of nitriles is 1. The Morgan fingerprint density at radius 1 is 1.64 bits per heavy atom. The van der Waals surface area contributed by atoms with Crippen molar-refractivity contribution < 1.29 is 19.4 Å². The van der Waals surface area contributed by atoms with Gasteiger partial charge in [0, 0.05) is 26.6 Å². The molecular formula is C17H23N7O4. The van der Waals surface area contributed by atoms with Crippen LogP contribution in [0.25, 0.3) is 5.52 Å². The van der Waals surface area contributed by atoms with Gasteiger partial charge in [0.25, 0.3) is 0 Å². The monoisotopic (exact) mass is 389 g/mol. The van der Waals surface area contributed by atoms with Crippen LogP contribution in [0.5, 0.6) is 0 Å². The molecule has 0 spiro atoms. The minimum absolute atomic E-state index is 0.0112. The first-order valence-electron chi connectivity index (χ1n) is 8.80. The van der Waals surface area contributed by atoms with E-state index in [9.17, 15) is 15.2 Å². The Morgan fingerprint density at radius 3 is 3.14 bits per heavy atom. The third-order valence-corrected chi connectivity index (χ3v) is 4.73. The first-order chi connectivity index (χ1) is 13.4. The Balaban J connectivity index is 1.74. The number of anilines is 1. The second kappa shape index (κ2) is 7.97. The lowest BCUT2D eigenvalue weighted by Gasteiger charge is -2.22. The van der Waals surface area contributed by atoms with Gasteiger partial charge in [-0.1, -0.05) is 0 Å². The smallest absolute Gasteiger partial charge is 0.409 e. The molecule has 0 aliphatic carbocycles. The number of hydrogen-bond donors (Lipinski definition) is 3. The highest BCUT2D eigenvalue weighted by atomic mass is 16.6. The van der Waals surface area contributed by atoms with Crippen LogP contribution in [0.4, 0.5) is 10.6 Å². The molecule has 11 nitrogen and oxygen atoms in total. The molecule has 0 unspecified atom stereocenters. The van der Waals surface area contributed by atoms with Crippen molar-refractivity contribution in [2.45, 2.75) is 24.2 Å². The molecule has 11 heteroatoms. The molecule has 0 radical (unpaired) electrons. The lowest BCUT2D eigenvalue weighted by molar-refractivity contribution is -0.0575. The second-order valence-electron chi connectivity index (χ2n) is 6.63. The number of aliphatic hydroxyl groups is 1. The molecule has 1 amide bonds. The summed E-state index contributed by atoms with van der Waals surface area (Å²) in [7, 11) is 3.40. The summed E-state index contributed by atoms with van der Waals surface area (Å²) in [6.07, 6.45) is -1.07. The molecule has 1 fully saturated rings. The predicted molar refractivity (Wildman–Crippen MR) is 98.1 cm³/mol. The summed E-state index contributed by atoms with van der Waals surface area (Å²) in [6.45, 7) is 0.925. The van der Waals surface area contributed by atoms with E-state index in [-0.39, 0.29) is 18.8 Å². The summed E-state index contributed by atoms with van der Waals surface area (Å²) >= 11 is 0. The van der Waals surface area contributed by atoms with Crippen molar-refractivity contribution in [3.8, 4) is 6.07 Å². The van der Waals surface area contributed by atoms with Gasteiger partial charge in [0.1, 0.15) is 30.6 Å². The van der Waals surface area contributed by atoms with Gasteiger partial charge < -0.3 is 30.5 Å². The number of aliphatic hydroxyl groups excluding tert-OH is 1. The predicted octanol–water partition coefficient (Wildman–Crippen LogP) is -0.532. The third kappa shape index (κ3) is 3.57. The molecule has 0 aromatic carbocycles. The maximum Gasteiger partial charge on any atom is 0.409 e. The van der Waals surface area contributed by atoms with E-state index in [1.54, 1.807) is 26.2 Å². The van der Waals surface area contributed by atoms with Gasteiger partial charge in [-0.15, -0.1) is 0 Å². The number of fused-ring (bicyclic) bond motifs is 1. The number of amides is 1. The van der Waals surface area contributed by atoms with E-state index in [0.717, 1.165) is 0 Å². The van der Waals surface area contributed by atoms with Gasteiger partial charge in [0.15, 0.2) is 11.4 Å². The first-order valence-corrected chi connectivity index (χ1v) is 8.80. The van der Waals surface area contributed by atoms with Gasteiger partial charge >= 0.3 is 6.09 Å². The van der Waals surface area contributed by atoms with E-state index in [1.165, 1.54) is 15.7 Å². The average Bonchev–Trinajstić information content (AvgIpc) is 3.27. The zero-order chi connectivity index (χ0) is 20.3. The van der Waals surface area contributed by atoms with Crippen molar-refractivity contribution in [2.75, 3.05) is 39.5 Å². The Morgan fingerprint density at radius 2 is 2.43 bits per heavy atom. The number of nitrogen functional groups attached to an aromatic ring is 1. The highest BCUT2D eigenvalue weighted by molar-refractivity contribution is 5.67. The molecule has 1 aliphatic rings. The lowest BCUT2D eigenvalue weighted by atomic mass is 9.96. The van der Waals surface area contributed by atoms with Crippen LogP contribution in [0, 0.1) is 11.3 Å². The van der Waals surface area contributed by atoms with Gasteiger partial charge in [-0.25, -0.2) is 14.3 Å². The lowest BCUT2D eigenvalue weighted by Crippen LogP contribution is -2.36. The number of likely N-dealkylation sites (N-methyl/N-ethyl adjacent to an activating group) is 2. The Bertz CT molecular complexity index is 895. The number of nitrogens with one attached hydrogen (secondary N) is 1. The molecule has 3 heterocycles. The molecule has 0 bridgehead atoms. The topological polar surface area (TPSA) is 151 Å². The summed E-state index contributed by atoms with van der Waals surface area (Å²) < 4.78 is 12.6. The molecule has 0 saturated carbocycles. The molecule has 2 aromatic rings. The van der Waals surface area contributed by atoms with E-state index in [0.29, 0.717) is 24.3 Å². The molecule has 150 valence electrons. The zero-order valence-corrected chi connectivity index (χ0v) is 15.7. The number of carbonyl (C=O) groups is 1. The maximum absolute atomic E-state index is 12.0. The van der Waals surface area contributed by atoms with Crippen LogP contribution in [0.3, 0.4) is 0 Å². The van der Waals surface area contributed by atoms with E-state index < -0.39 is 23.9 Å². The van der Waals surface area contributed by atoms with Gasteiger partial charge in [0.05, 0.1) is 11.8 Å². The largest absolute Gasteiger partial charge is 0.447 e. The minimum Gasteiger partial charge on any atom is -0.447 e. The summed E-state index contributed by atoms with van der Waals surface area (Å²) in [5.41, 5.74) is 5.36. The SMILES string of the molecule is CNCCN(C)C(=O)OC[C@H]1O[C@@](C#N)(c2ccc3c(N)ncnn23)C[C@@H]1O. The number of nitrogens with two attached hydrogens (primary N) is 1. The van der Waals surface area contributed by atoms with E-state index in [4.69, 9.17) is 15.2 Å². The van der Waals surface area contributed by atoms with Crippen LogP contribution in [-0.4, -0.2) is 76.7 Å². The maximum atomic E-state index is 12.0. The Labute approximate surface area is 161 Å². The normalized spacial score (nSPS) is 24.2. The van der Waals surface area contributed by atoms with Gasteiger partial charge in [-0.3, -0.25) is 0 Å². The van der Waals surface area contributed by atoms with Crippen molar-refractivity contribution in [2.24, 2.45) is 0 Å². The van der Waals surface area contributed by atoms with Crippen LogP contribution in [-0.2, 0) is 15.1 Å². The number of ether oxygens (including phenoxy) is 2. The summed E-state index contributed by atoms with van der Waals surface area (Å²) in [4.78, 5) is 17.4. The molecule has 4 N–H and O–H groups in total. The minimum atomic E-state index is -1.44. The fourth-order valence-corrected chi connectivity index (χ4v) is 3.14. The van der Waals surface area contributed by atoms with Crippen LogP contribution < -0.4 is 11.1 Å². The molecule has 28 heavy (non-hydrogen) atoms. The van der Waals surface area contributed by atoms with Crippen molar-refractivity contribution in [3.63, 3.8) is 0 Å². The Hall–Kier alpha value is -2.94. The molecule has 3 rings (SSSR count). The van der Waals surface area contributed by atoms with Crippen molar-refractivity contribution >= 4 is 17.4 Å². The van der Waals surface area contributed by atoms with E-state index in [1.807, 2.05) is 0 Å². The summed E-state index contributed by atoms with van der Waals surface area (Å²) in [6, 6.07) is 5.47. The average molecular weight is 389 g/mol. The van der Waals surface area contributed by atoms with E-state index >= 15 is 0 Å². The molecule has 1 saturated heterocycles. The fraction of sp³-hybridized carbons (Fsp3) is 0.529. The molecule has 1 aliphatic heterocycles.